The molecule has 1 aliphatic carbocycles. The van der Waals surface area contributed by atoms with Gasteiger partial charge in [-0.05, 0) is 55.5 Å². The van der Waals surface area contributed by atoms with Crippen LogP contribution in [0, 0.1) is 6.92 Å². The van der Waals surface area contributed by atoms with Crippen molar-refractivity contribution in [1.29, 1.82) is 0 Å². The van der Waals surface area contributed by atoms with Crippen molar-refractivity contribution in [2.75, 3.05) is 13.2 Å². The van der Waals surface area contributed by atoms with E-state index in [9.17, 15) is 9.59 Å². The molecule has 2 amide bonds. The number of amides is 2. The van der Waals surface area contributed by atoms with Crippen LogP contribution in [0.15, 0.2) is 54.6 Å². The summed E-state index contributed by atoms with van der Waals surface area (Å²) in [5, 5.41) is 5.77. The minimum absolute atomic E-state index is 0.0409. The van der Waals surface area contributed by atoms with E-state index in [2.05, 4.69) is 10.6 Å². The summed E-state index contributed by atoms with van der Waals surface area (Å²) in [5.41, 5.74) is 3.27. The summed E-state index contributed by atoms with van der Waals surface area (Å²) < 4.78 is 5.49. The molecule has 1 saturated carbocycles. The topological polar surface area (TPSA) is 67.4 Å². The van der Waals surface area contributed by atoms with Crippen LogP contribution >= 0.6 is 0 Å². The number of hydrogen-bond donors (Lipinski definition) is 2. The molecule has 0 heterocycles. The second-order valence-electron chi connectivity index (χ2n) is 7.06. The Hall–Kier alpha value is -3.08. The lowest BCUT2D eigenvalue weighted by atomic mass is 10.1. The van der Waals surface area contributed by atoms with E-state index in [1.165, 1.54) is 5.56 Å². The average molecular weight is 378 g/mol. The molecule has 0 spiro atoms. The zero-order valence-corrected chi connectivity index (χ0v) is 16.1. The Morgan fingerprint density at radius 2 is 1.93 bits per heavy atom. The highest BCUT2D eigenvalue weighted by Crippen LogP contribution is 2.18. The Kier molecular flexibility index (Phi) is 6.84. The third kappa shape index (κ3) is 6.91. The van der Waals surface area contributed by atoms with Gasteiger partial charge in [-0.25, -0.2) is 0 Å². The van der Waals surface area contributed by atoms with E-state index in [0.29, 0.717) is 18.3 Å². The van der Waals surface area contributed by atoms with Gasteiger partial charge in [-0.15, -0.1) is 0 Å². The van der Waals surface area contributed by atoms with E-state index >= 15 is 0 Å². The predicted octanol–water partition coefficient (Wildman–Crippen LogP) is 3.02. The molecule has 0 bridgehead atoms. The second-order valence-corrected chi connectivity index (χ2v) is 7.06. The lowest BCUT2D eigenvalue weighted by molar-refractivity contribution is -0.123. The minimum atomic E-state index is -0.108. The van der Waals surface area contributed by atoms with Crippen LogP contribution in [0.2, 0.25) is 0 Å². The largest absolute Gasteiger partial charge is 0.484 e. The Balaban J connectivity index is 1.36. The molecule has 1 fully saturated rings. The van der Waals surface area contributed by atoms with Crippen molar-refractivity contribution in [2.45, 2.75) is 32.2 Å². The van der Waals surface area contributed by atoms with Gasteiger partial charge in [0.2, 0.25) is 5.91 Å². The lowest BCUT2D eigenvalue weighted by Crippen LogP contribution is -2.30. The van der Waals surface area contributed by atoms with Crippen molar-refractivity contribution in [3.63, 3.8) is 0 Å². The highest BCUT2D eigenvalue weighted by atomic mass is 16.5. The zero-order chi connectivity index (χ0) is 19.8. The molecule has 5 heteroatoms. The maximum Gasteiger partial charge on any atom is 0.258 e. The molecular weight excluding hydrogens is 352 g/mol. The van der Waals surface area contributed by atoms with E-state index in [4.69, 9.17) is 4.74 Å². The number of rotatable bonds is 9. The fourth-order valence-electron chi connectivity index (χ4n) is 2.73. The Morgan fingerprint density at radius 1 is 1.14 bits per heavy atom. The van der Waals surface area contributed by atoms with E-state index in [1.54, 1.807) is 6.08 Å². The first-order valence-electron chi connectivity index (χ1n) is 9.62. The molecular formula is C23H26N2O3. The molecule has 2 aromatic carbocycles. The molecule has 0 unspecified atom stereocenters. The van der Waals surface area contributed by atoms with Crippen molar-refractivity contribution < 1.29 is 14.3 Å². The van der Waals surface area contributed by atoms with Gasteiger partial charge < -0.3 is 15.4 Å². The SMILES string of the molecule is Cc1cccc(/C=C/C(=O)NCCc2ccc(OCC(=O)NC3CC3)cc2)c1. The number of aryl methyl sites for hydroxylation is 1. The van der Waals surface area contributed by atoms with Crippen molar-refractivity contribution >= 4 is 17.9 Å². The summed E-state index contributed by atoms with van der Waals surface area (Å²) in [6.45, 7) is 2.62. The van der Waals surface area contributed by atoms with Crippen molar-refractivity contribution in [3.05, 3.63) is 71.3 Å². The van der Waals surface area contributed by atoms with Crippen LogP contribution in [0.25, 0.3) is 6.08 Å². The first kappa shape index (κ1) is 19.7. The van der Waals surface area contributed by atoms with Gasteiger partial charge in [-0.1, -0.05) is 42.0 Å². The van der Waals surface area contributed by atoms with Crippen LogP contribution in [0.1, 0.15) is 29.5 Å². The molecule has 2 N–H and O–H groups in total. The van der Waals surface area contributed by atoms with E-state index in [-0.39, 0.29) is 18.4 Å². The molecule has 0 atom stereocenters. The van der Waals surface area contributed by atoms with E-state index in [1.807, 2.05) is 61.5 Å². The van der Waals surface area contributed by atoms with E-state index < -0.39 is 0 Å². The monoisotopic (exact) mass is 378 g/mol. The van der Waals surface area contributed by atoms with Gasteiger partial charge in [0, 0.05) is 18.7 Å². The van der Waals surface area contributed by atoms with Crippen molar-refractivity contribution in [3.8, 4) is 5.75 Å². The summed E-state index contributed by atoms with van der Waals surface area (Å²) in [7, 11) is 0. The Labute approximate surface area is 165 Å². The first-order valence-corrected chi connectivity index (χ1v) is 9.62. The van der Waals surface area contributed by atoms with Gasteiger partial charge >= 0.3 is 0 Å². The van der Waals surface area contributed by atoms with Crippen LogP contribution in [-0.2, 0) is 16.0 Å². The number of hydrogen-bond acceptors (Lipinski definition) is 3. The Bertz CT molecular complexity index is 839. The van der Waals surface area contributed by atoms with Crippen LogP contribution in [0.5, 0.6) is 5.75 Å². The highest BCUT2D eigenvalue weighted by Gasteiger charge is 2.23. The smallest absolute Gasteiger partial charge is 0.258 e. The van der Waals surface area contributed by atoms with Crippen LogP contribution in [0.3, 0.4) is 0 Å². The number of ether oxygens (including phenoxy) is 1. The van der Waals surface area contributed by atoms with Crippen LogP contribution < -0.4 is 15.4 Å². The number of carbonyl (C=O) groups is 2. The normalized spacial score (nSPS) is 13.3. The van der Waals surface area contributed by atoms with Crippen molar-refractivity contribution in [1.82, 2.24) is 10.6 Å². The fourth-order valence-corrected chi connectivity index (χ4v) is 2.73. The maximum atomic E-state index is 11.9. The molecule has 2 aromatic rings. The van der Waals surface area contributed by atoms with E-state index in [0.717, 1.165) is 30.4 Å². The first-order chi connectivity index (χ1) is 13.6. The van der Waals surface area contributed by atoms with Gasteiger partial charge in [0.15, 0.2) is 6.61 Å². The third-order valence-electron chi connectivity index (χ3n) is 4.42. The quantitative estimate of drug-likeness (QED) is 0.659. The zero-order valence-electron chi connectivity index (χ0n) is 16.1. The van der Waals surface area contributed by atoms with Gasteiger partial charge in [0.05, 0.1) is 0 Å². The molecule has 5 nitrogen and oxygen atoms in total. The average Bonchev–Trinajstić information content (AvgIpc) is 3.50. The molecule has 28 heavy (non-hydrogen) atoms. The van der Waals surface area contributed by atoms with Gasteiger partial charge in [0.1, 0.15) is 5.75 Å². The maximum absolute atomic E-state index is 11.9. The molecule has 0 aromatic heterocycles. The number of nitrogens with one attached hydrogen (secondary N) is 2. The minimum Gasteiger partial charge on any atom is -0.484 e. The molecule has 146 valence electrons. The molecule has 0 saturated heterocycles. The predicted molar refractivity (Wildman–Crippen MR) is 110 cm³/mol. The molecule has 1 aliphatic rings. The lowest BCUT2D eigenvalue weighted by Gasteiger charge is -2.08. The number of carbonyl (C=O) groups excluding carboxylic acids is 2. The molecule has 3 rings (SSSR count). The van der Waals surface area contributed by atoms with Crippen LogP contribution in [0.4, 0.5) is 0 Å². The summed E-state index contributed by atoms with van der Waals surface area (Å²) in [6, 6.07) is 15.9. The number of benzene rings is 2. The van der Waals surface area contributed by atoms with Crippen molar-refractivity contribution in [2.24, 2.45) is 0 Å². The summed E-state index contributed by atoms with van der Waals surface area (Å²) in [5.74, 6) is 0.482. The summed E-state index contributed by atoms with van der Waals surface area (Å²) >= 11 is 0. The second kappa shape index (κ2) is 9.74. The molecule has 0 radical (unpaired) electrons. The third-order valence-corrected chi connectivity index (χ3v) is 4.42. The van der Waals surface area contributed by atoms with Gasteiger partial charge in [-0.2, -0.15) is 0 Å². The van der Waals surface area contributed by atoms with Crippen LogP contribution in [-0.4, -0.2) is 31.0 Å². The van der Waals surface area contributed by atoms with Gasteiger partial charge in [0.25, 0.3) is 5.91 Å². The Morgan fingerprint density at radius 3 is 2.64 bits per heavy atom. The van der Waals surface area contributed by atoms with Gasteiger partial charge in [-0.3, -0.25) is 9.59 Å². The summed E-state index contributed by atoms with van der Waals surface area (Å²) in [6.07, 6.45) is 6.23. The standard InChI is InChI=1S/C23H26N2O3/c1-17-3-2-4-19(15-17)7-12-22(26)24-14-13-18-5-10-21(11-6-18)28-16-23(27)25-20-8-9-20/h2-7,10-12,15,20H,8-9,13-14,16H2,1H3,(H,24,26)(H,25,27)/b12-7+. The highest BCUT2D eigenvalue weighted by molar-refractivity contribution is 5.91. The summed E-state index contributed by atoms with van der Waals surface area (Å²) in [4.78, 5) is 23.5. The fraction of sp³-hybridized carbons (Fsp3) is 0.304. The molecule has 0 aliphatic heterocycles.